The second kappa shape index (κ2) is 9.73. The van der Waals surface area contributed by atoms with Crippen LogP contribution in [0.25, 0.3) is 0 Å². The molecule has 4 N–H and O–H groups in total. The fourth-order valence-electron chi connectivity index (χ4n) is 2.59. The average molecular weight is 370 g/mol. The van der Waals surface area contributed by atoms with Gasteiger partial charge in [0, 0.05) is 36.2 Å². The monoisotopic (exact) mass is 370 g/mol. The lowest BCUT2D eigenvalue weighted by Gasteiger charge is -2.16. The van der Waals surface area contributed by atoms with Gasteiger partial charge >= 0.3 is 11.9 Å². The van der Waals surface area contributed by atoms with Crippen molar-refractivity contribution in [2.75, 3.05) is 6.61 Å². The predicted octanol–water partition coefficient (Wildman–Crippen LogP) is 2.35. The van der Waals surface area contributed by atoms with Crippen molar-refractivity contribution >= 4 is 11.9 Å². The van der Waals surface area contributed by atoms with Crippen molar-refractivity contribution in [3.8, 4) is 0 Å². The number of carbonyl (C=O) groups is 2. The second-order valence-electron chi connectivity index (χ2n) is 6.52. The molecule has 0 aliphatic heterocycles. The molecule has 27 heavy (non-hydrogen) atoms. The van der Waals surface area contributed by atoms with E-state index in [0.717, 1.165) is 17.6 Å². The second-order valence-corrected chi connectivity index (χ2v) is 6.52. The number of ether oxygens (including phenoxy) is 2. The van der Waals surface area contributed by atoms with Gasteiger partial charge < -0.3 is 20.9 Å². The third kappa shape index (κ3) is 6.75. The molecule has 2 unspecified atom stereocenters. The summed E-state index contributed by atoms with van der Waals surface area (Å²) in [6.07, 6.45) is 13.9. The van der Waals surface area contributed by atoms with Crippen molar-refractivity contribution in [2.45, 2.75) is 38.3 Å². The molecule has 2 atom stereocenters. The Morgan fingerprint density at radius 3 is 2.74 bits per heavy atom. The van der Waals surface area contributed by atoms with Crippen LogP contribution in [0.1, 0.15) is 26.2 Å². The zero-order valence-electron chi connectivity index (χ0n) is 15.5. The molecule has 0 amide bonds. The molecule has 0 heterocycles. The van der Waals surface area contributed by atoms with Crippen molar-refractivity contribution in [1.82, 2.24) is 0 Å². The van der Waals surface area contributed by atoms with E-state index in [1.54, 1.807) is 25.2 Å². The SMILES string of the molecule is C=C(C)C(=O)OC1C=CC(/C=C/C(=O)OCCC2=CCC(N)C=C2N)=CC1. The van der Waals surface area contributed by atoms with Crippen molar-refractivity contribution < 1.29 is 19.1 Å². The lowest BCUT2D eigenvalue weighted by Crippen LogP contribution is -2.22. The van der Waals surface area contributed by atoms with Gasteiger partial charge in [-0.15, -0.1) is 0 Å². The molecule has 144 valence electrons. The van der Waals surface area contributed by atoms with E-state index in [1.807, 2.05) is 18.2 Å². The van der Waals surface area contributed by atoms with Crippen LogP contribution in [-0.2, 0) is 19.1 Å². The predicted molar refractivity (Wildman–Crippen MR) is 104 cm³/mol. The number of carbonyl (C=O) groups excluding carboxylic acids is 2. The Balaban J connectivity index is 1.72. The third-order valence-corrected chi connectivity index (χ3v) is 4.12. The topological polar surface area (TPSA) is 105 Å². The molecule has 0 spiro atoms. The Hall–Kier alpha value is -2.86. The van der Waals surface area contributed by atoms with E-state index in [-0.39, 0.29) is 18.8 Å². The molecule has 0 radical (unpaired) electrons. The molecule has 0 aromatic carbocycles. The number of esters is 2. The van der Waals surface area contributed by atoms with Gasteiger partial charge in [0.25, 0.3) is 0 Å². The summed E-state index contributed by atoms with van der Waals surface area (Å²) in [6.45, 7) is 5.41. The molecule has 0 bridgehead atoms. The Bertz CT molecular complexity index is 756. The van der Waals surface area contributed by atoms with Crippen molar-refractivity contribution in [3.05, 3.63) is 71.5 Å². The van der Waals surface area contributed by atoms with Crippen molar-refractivity contribution in [2.24, 2.45) is 11.5 Å². The maximum atomic E-state index is 11.8. The third-order valence-electron chi connectivity index (χ3n) is 4.12. The molecule has 2 aliphatic rings. The van der Waals surface area contributed by atoms with Gasteiger partial charge in [-0.3, -0.25) is 0 Å². The average Bonchev–Trinajstić information content (AvgIpc) is 2.63. The summed E-state index contributed by atoms with van der Waals surface area (Å²) in [5.41, 5.74) is 14.5. The molecule has 0 saturated carbocycles. The van der Waals surface area contributed by atoms with Gasteiger partial charge in [-0.25, -0.2) is 9.59 Å². The highest BCUT2D eigenvalue weighted by Crippen LogP contribution is 2.18. The Morgan fingerprint density at radius 2 is 2.11 bits per heavy atom. The minimum absolute atomic E-state index is 0.0417. The quantitative estimate of drug-likeness (QED) is 0.526. The minimum atomic E-state index is -0.421. The maximum Gasteiger partial charge on any atom is 0.333 e. The van der Waals surface area contributed by atoms with Gasteiger partial charge in [0.1, 0.15) is 6.10 Å². The first-order valence-electron chi connectivity index (χ1n) is 8.87. The molecule has 6 heteroatoms. The van der Waals surface area contributed by atoms with Crippen LogP contribution < -0.4 is 11.5 Å². The van der Waals surface area contributed by atoms with E-state index in [4.69, 9.17) is 20.9 Å². The van der Waals surface area contributed by atoms with Crippen LogP contribution in [0.4, 0.5) is 0 Å². The zero-order valence-corrected chi connectivity index (χ0v) is 15.5. The van der Waals surface area contributed by atoms with Gasteiger partial charge in [0.15, 0.2) is 0 Å². The lowest BCUT2D eigenvalue weighted by molar-refractivity contribution is -0.142. The van der Waals surface area contributed by atoms with Crippen LogP contribution in [0.5, 0.6) is 0 Å². The summed E-state index contributed by atoms with van der Waals surface area (Å²) in [7, 11) is 0. The fourth-order valence-corrected chi connectivity index (χ4v) is 2.59. The molecular formula is C21H26N2O4. The first-order chi connectivity index (χ1) is 12.8. The standard InChI is InChI=1S/C21H26N2O4/c1-14(2)21(25)27-18-8-3-15(4-9-18)5-10-20(24)26-12-11-16-6-7-17(22)13-19(16)23/h3-6,8,10,13,17-18H,1,7,9,11-12,22-23H2,2H3/b10-5+. The summed E-state index contributed by atoms with van der Waals surface area (Å²) in [5, 5.41) is 0. The molecule has 2 aliphatic carbocycles. The van der Waals surface area contributed by atoms with Crippen molar-refractivity contribution in [3.63, 3.8) is 0 Å². The fraction of sp³-hybridized carbons (Fsp3) is 0.333. The summed E-state index contributed by atoms with van der Waals surface area (Å²) < 4.78 is 10.4. The molecule has 0 aromatic rings. The van der Waals surface area contributed by atoms with E-state index in [9.17, 15) is 9.59 Å². The highest BCUT2D eigenvalue weighted by molar-refractivity contribution is 5.87. The van der Waals surface area contributed by atoms with Crippen LogP contribution in [0.2, 0.25) is 0 Å². The van der Waals surface area contributed by atoms with Crippen LogP contribution >= 0.6 is 0 Å². The number of allylic oxidation sites excluding steroid dienone is 4. The van der Waals surface area contributed by atoms with Crippen molar-refractivity contribution in [1.29, 1.82) is 0 Å². The first kappa shape index (κ1) is 20.5. The highest BCUT2D eigenvalue weighted by Gasteiger charge is 2.14. The van der Waals surface area contributed by atoms with E-state index >= 15 is 0 Å². The number of nitrogens with two attached hydrogens (primary N) is 2. The lowest BCUT2D eigenvalue weighted by atomic mass is 9.99. The van der Waals surface area contributed by atoms with E-state index in [0.29, 0.717) is 24.1 Å². The largest absolute Gasteiger partial charge is 0.462 e. The summed E-state index contributed by atoms with van der Waals surface area (Å²) in [6, 6.07) is -0.0417. The van der Waals surface area contributed by atoms with Gasteiger partial charge in [-0.2, -0.15) is 0 Å². The van der Waals surface area contributed by atoms with Gasteiger partial charge in [-0.1, -0.05) is 24.8 Å². The summed E-state index contributed by atoms with van der Waals surface area (Å²) >= 11 is 0. The van der Waals surface area contributed by atoms with Crippen LogP contribution in [-0.4, -0.2) is 30.7 Å². The summed E-state index contributed by atoms with van der Waals surface area (Å²) in [5.74, 6) is -0.832. The normalized spacial score (nSPS) is 21.9. The molecule has 2 rings (SSSR count). The van der Waals surface area contributed by atoms with Crippen LogP contribution in [0.3, 0.4) is 0 Å². The molecule has 0 fully saturated rings. The highest BCUT2D eigenvalue weighted by atomic mass is 16.5. The van der Waals surface area contributed by atoms with Crippen LogP contribution in [0, 0.1) is 0 Å². The first-order valence-corrected chi connectivity index (χ1v) is 8.87. The molecule has 0 aromatic heterocycles. The minimum Gasteiger partial charge on any atom is -0.462 e. The number of hydrogen-bond acceptors (Lipinski definition) is 6. The molecular weight excluding hydrogens is 344 g/mol. The van der Waals surface area contributed by atoms with E-state index in [2.05, 4.69) is 6.58 Å². The maximum absolute atomic E-state index is 11.8. The smallest absolute Gasteiger partial charge is 0.333 e. The Kier molecular flexibility index (Phi) is 7.37. The number of rotatable bonds is 7. The van der Waals surface area contributed by atoms with Gasteiger partial charge in [0.05, 0.1) is 6.61 Å². The Labute approximate surface area is 159 Å². The zero-order chi connectivity index (χ0) is 19.8. The summed E-state index contributed by atoms with van der Waals surface area (Å²) in [4.78, 5) is 23.3. The van der Waals surface area contributed by atoms with Gasteiger partial charge in [-0.05, 0) is 42.7 Å². The van der Waals surface area contributed by atoms with Gasteiger partial charge in [0.2, 0.25) is 0 Å². The molecule has 6 nitrogen and oxygen atoms in total. The number of hydrogen-bond donors (Lipinski definition) is 2. The van der Waals surface area contributed by atoms with E-state index in [1.165, 1.54) is 6.08 Å². The van der Waals surface area contributed by atoms with E-state index < -0.39 is 11.9 Å². The van der Waals surface area contributed by atoms with Crippen LogP contribution in [0.15, 0.2) is 71.5 Å². The molecule has 0 saturated heterocycles. The Morgan fingerprint density at radius 1 is 1.33 bits per heavy atom.